The maximum Gasteiger partial charge on any atom is 0.342 e. The number of para-hydroxylation sites is 1. The molecule has 29 heavy (non-hydrogen) atoms. The minimum Gasteiger partial charge on any atom is -0.429 e. The molecule has 3 saturated heterocycles. The number of rotatable bonds is 4. The minimum absolute atomic E-state index is 0.206. The normalized spacial score (nSPS) is 35.0. The molecule has 10 nitrogen and oxygen atoms in total. The van der Waals surface area contributed by atoms with Crippen LogP contribution in [0, 0.1) is 0 Å². The lowest BCUT2D eigenvalue weighted by Crippen LogP contribution is -2.40. The van der Waals surface area contributed by atoms with Crippen LogP contribution in [-0.2, 0) is 23.7 Å². The fraction of sp³-hybridized carbons (Fsp3) is 0.632. The molecule has 0 radical (unpaired) electrons. The number of ether oxygens (including phenoxy) is 6. The third-order valence-corrected chi connectivity index (χ3v) is 5.11. The summed E-state index contributed by atoms with van der Waals surface area (Å²) < 4.78 is 37.6. The van der Waals surface area contributed by atoms with Crippen LogP contribution in [-0.4, -0.2) is 69.1 Å². The Morgan fingerprint density at radius 1 is 0.966 bits per heavy atom. The Hall–Kier alpha value is -2.11. The van der Waals surface area contributed by atoms with Crippen molar-refractivity contribution in [2.45, 2.75) is 70.0 Å². The van der Waals surface area contributed by atoms with E-state index in [4.69, 9.17) is 28.4 Å². The number of nitrogens with zero attached hydrogens (tertiary/aromatic N) is 4. The van der Waals surface area contributed by atoms with Crippen molar-refractivity contribution in [1.82, 2.24) is 20.2 Å². The van der Waals surface area contributed by atoms with E-state index in [0.717, 1.165) is 5.69 Å². The van der Waals surface area contributed by atoms with E-state index in [0.29, 0.717) is 6.61 Å². The van der Waals surface area contributed by atoms with E-state index in [2.05, 4.69) is 15.5 Å². The molecule has 0 saturated carbocycles. The van der Waals surface area contributed by atoms with Crippen LogP contribution in [0.15, 0.2) is 30.3 Å². The number of hydrogen-bond acceptors (Lipinski definition) is 9. The SMILES string of the molecule is CC1(C)O[C@@H]2[C@H](O1)[C@@H](Oc1nnnn1-c1ccccc1)O[C@@H]2[C@H]1COC(C)(C)O1. The molecule has 10 heteroatoms. The van der Waals surface area contributed by atoms with Crippen LogP contribution >= 0.6 is 0 Å². The lowest BCUT2D eigenvalue weighted by Gasteiger charge is -2.26. The van der Waals surface area contributed by atoms with E-state index in [9.17, 15) is 0 Å². The summed E-state index contributed by atoms with van der Waals surface area (Å²) in [6, 6.07) is 9.69. The van der Waals surface area contributed by atoms with Crippen LogP contribution < -0.4 is 4.74 Å². The molecule has 3 aliphatic rings. The predicted molar refractivity (Wildman–Crippen MR) is 97.2 cm³/mol. The Bertz CT molecular complexity index is 873. The van der Waals surface area contributed by atoms with Crippen LogP contribution in [0.25, 0.3) is 5.69 Å². The fourth-order valence-electron chi connectivity index (χ4n) is 3.95. The third-order valence-electron chi connectivity index (χ3n) is 5.11. The monoisotopic (exact) mass is 404 g/mol. The molecule has 0 spiro atoms. The average molecular weight is 404 g/mol. The van der Waals surface area contributed by atoms with Gasteiger partial charge in [-0.15, -0.1) is 0 Å². The molecule has 5 atom stereocenters. The van der Waals surface area contributed by atoms with E-state index in [1.165, 1.54) is 4.68 Å². The lowest BCUT2D eigenvalue weighted by molar-refractivity contribution is -0.231. The molecule has 0 N–H and O–H groups in total. The summed E-state index contributed by atoms with van der Waals surface area (Å²) >= 11 is 0. The van der Waals surface area contributed by atoms with Gasteiger partial charge in [-0.2, -0.15) is 4.68 Å². The fourth-order valence-corrected chi connectivity index (χ4v) is 3.95. The number of aromatic nitrogens is 4. The van der Waals surface area contributed by atoms with Gasteiger partial charge in [0.1, 0.15) is 18.3 Å². The van der Waals surface area contributed by atoms with Gasteiger partial charge in [-0.1, -0.05) is 23.3 Å². The van der Waals surface area contributed by atoms with Gasteiger partial charge in [0.05, 0.1) is 12.3 Å². The Morgan fingerprint density at radius 3 is 2.45 bits per heavy atom. The van der Waals surface area contributed by atoms with Crippen LogP contribution in [0.3, 0.4) is 0 Å². The highest BCUT2D eigenvalue weighted by atomic mass is 16.8. The molecule has 0 aliphatic carbocycles. The van der Waals surface area contributed by atoms with Gasteiger partial charge in [0.25, 0.3) is 0 Å². The van der Waals surface area contributed by atoms with Gasteiger partial charge < -0.3 is 28.4 Å². The highest BCUT2D eigenvalue weighted by molar-refractivity contribution is 5.31. The number of hydrogen-bond donors (Lipinski definition) is 0. The third kappa shape index (κ3) is 3.51. The molecule has 3 aliphatic heterocycles. The van der Waals surface area contributed by atoms with Gasteiger partial charge in [-0.3, -0.25) is 0 Å². The summed E-state index contributed by atoms with van der Waals surface area (Å²) in [7, 11) is 0. The van der Waals surface area contributed by atoms with E-state index >= 15 is 0 Å². The first-order valence-corrected chi connectivity index (χ1v) is 9.65. The molecule has 2 aromatic rings. The molecule has 1 aromatic carbocycles. The Labute approximate surface area is 168 Å². The predicted octanol–water partition coefficient (Wildman–Crippen LogP) is 1.44. The van der Waals surface area contributed by atoms with Gasteiger partial charge in [0, 0.05) is 0 Å². The zero-order valence-electron chi connectivity index (χ0n) is 16.7. The molecule has 1 aromatic heterocycles. The Balaban J connectivity index is 1.39. The molecule has 156 valence electrons. The van der Waals surface area contributed by atoms with Crippen LogP contribution in [0.2, 0.25) is 0 Å². The Kier molecular flexibility index (Phi) is 4.37. The smallest absolute Gasteiger partial charge is 0.342 e. The van der Waals surface area contributed by atoms with Gasteiger partial charge >= 0.3 is 6.01 Å². The average Bonchev–Trinajstić information content (AvgIpc) is 3.40. The first-order chi connectivity index (χ1) is 13.8. The lowest BCUT2D eigenvalue weighted by atomic mass is 10.1. The van der Waals surface area contributed by atoms with Crippen molar-refractivity contribution in [1.29, 1.82) is 0 Å². The van der Waals surface area contributed by atoms with Crippen LogP contribution in [0.1, 0.15) is 27.7 Å². The standard InChI is InChI=1S/C19H24N4O6/c1-18(2)24-10-12(27-18)13-14-15(29-19(3,4)28-14)16(25-13)26-17-20-21-22-23(17)11-8-6-5-7-9-11/h5-9,12-16H,10H2,1-4H3/t12-,13-,14+,15+,16-/m1/s1. The molecular formula is C19H24N4O6. The maximum atomic E-state index is 6.18. The van der Waals surface area contributed by atoms with Crippen molar-refractivity contribution in [3.05, 3.63) is 30.3 Å². The summed E-state index contributed by atoms with van der Waals surface area (Å²) in [4.78, 5) is 0. The van der Waals surface area contributed by atoms with Crippen molar-refractivity contribution >= 4 is 0 Å². The van der Waals surface area contributed by atoms with Gasteiger partial charge in [-0.25, -0.2) is 0 Å². The van der Waals surface area contributed by atoms with Crippen molar-refractivity contribution in [3.8, 4) is 11.7 Å². The maximum absolute atomic E-state index is 6.18. The van der Waals surface area contributed by atoms with Crippen LogP contribution in [0.4, 0.5) is 0 Å². The van der Waals surface area contributed by atoms with Gasteiger partial charge in [-0.05, 0) is 50.3 Å². The van der Waals surface area contributed by atoms with E-state index < -0.39 is 30.1 Å². The summed E-state index contributed by atoms with van der Waals surface area (Å²) in [5.74, 6) is -1.44. The number of fused-ring (bicyclic) bond motifs is 1. The summed E-state index contributed by atoms with van der Waals surface area (Å²) in [6.45, 7) is 7.88. The second-order valence-electron chi connectivity index (χ2n) is 8.23. The quantitative estimate of drug-likeness (QED) is 0.749. The molecule has 0 bridgehead atoms. The largest absolute Gasteiger partial charge is 0.429 e. The molecular weight excluding hydrogens is 380 g/mol. The molecule has 0 amide bonds. The van der Waals surface area contributed by atoms with Crippen molar-refractivity contribution in [2.75, 3.05) is 6.61 Å². The van der Waals surface area contributed by atoms with Crippen molar-refractivity contribution in [2.24, 2.45) is 0 Å². The zero-order valence-corrected chi connectivity index (χ0v) is 16.7. The molecule has 3 fully saturated rings. The first-order valence-electron chi connectivity index (χ1n) is 9.65. The number of benzene rings is 1. The van der Waals surface area contributed by atoms with Gasteiger partial charge in [0.15, 0.2) is 17.7 Å². The van der Waals surface area contributed by atoms with Crippen molar-refractivity contribution in [3.63, 3.8) is 0 Å². The minimum atomic E-state index is -0.765. The second-order valence-corrected chi connectivity index (χ2v) is 8.23. The zero-order chi connectivity index (χ0) is 20.2. The summed E-state index contributed by atoms with van der Waals surface area (Å²) in [5.41, 5.74) is 0.775. The highest BCUT2D eigenvalue weighted by Crippen LogP contribution is 2.42. The number of tetrazole rings is 1. The van der Waals surface area contributed by atoms with Gasteiger partial charge in [0.2, 0.25) is 6.29 Å². The highest BCUT2D eigenvalue weighted by Gasteiger charge is 2.60. The molecule has 5 rings (SSSR count). The molecule has 4 heterocycles. The topological polar surface area (TPSA) is 99.0 Å². The Morgan fingerprint density at radius 2 is 1.72 bits per heavy atom. The first kappa shape index (κ1) is 18.9. The van der Waals surface area contributed by atoms with E-state index in [1.54, 1.807) is 0 Å². The second kappa shape index (κ2) is 6.71. The summed E-state index contributed by atoms with van der Waals surface area (Å²) in [6.07, 6.45) is -2.28. The van der Waals surface area contributed by atoms with Crippen LogP contribution in [0.5, 0.6) is 6.01 Å². The summed E-state index contributed by atoms with van der Waals surface area (Å²) in [5, 5.41) is 11.8. The van der Waals surface area contributed by atoms with Crippen molar-refractivity contribution < 1.29 is 28.4 Å². The van der Waals surface area contributed by atoms with E-state index in [-0.39, 0.29) is 18.2 Å². The molecule has 0 unspecified atom stereocenters. The van der Waals surface area contributed by atoms with E-state index in [1.807, 2.05) is 58.0 Å².